The number of ether oxygens (including phenoxy) is 2. The Morgan fingerprint density at radius 2 is 2.00 bits per heavy atom. The molecule has 1 saturated heterocycles. The lowest BCUT2D eigenvalue weighted by molar-refractivity contribution is -0.145. The number of carboxylic acids is 1. The number of hydrogen-bond donors (Lipinski definition) is 3. The predicted molar refractivity (Wildman–Crippen MR) is 84.3 cm³/mol. The first kappa shape index (κ1) is 18.7. The van der Waals surface area contributed by atoms with Gasteiger partial charge in [0.15, 0.2) is 0 Å². The Kier molecular flexibility index (Phi) is 6.16. The largest absolute Gasteiger partial charge is 0.497 e. The van der Waals surface area contributed by atoms with E-state index in [1.54, 1.807) is 12.1 Å². The summed E-state index contributed by atoms with van der Waals surface area (Å²) in [7, 11) is -2.29. The van der Waals surface area contributed by atoms with Crippen LogP contribution in [0.3, 0.4) is 0 Å². The molecule has 0 amide bonds. The number of hydrogen-bond acceptors (Lipinski definition) is 6. The average molecular weight is 359 g/mol. The third kappa shape index (κ3) is 4.67. The Morgan fingerprint density at radius 1 is 1.33 bits per heavy atom. The van der Waals surface area contributed by atoms with E-state index in [0.717, 1.165) is 0 Å². The second kappa shape index (κ2) is 7.93. The number of benzene rings is 1. The molecule has 0 bridgehead atoms. The standard InChI is InChI=1S/C15H21NO7S/c1-22-10-2-5-12(6-3-10)24(20,21)16-13-7-4-11(8-15(18)19)23-14(13)9-17/h2-3,5-6,11,13-14,16-17H,4,7-9H2,1H3,(H,18,19)/t11-,13-,14+/m0/s1. The molecule has 0 spiro atoms. The summed E-state index contributed by atoms with van der Waals surface area (Å²) in [5.41, 5.74) is 0. The molecular formula is C15H21NO7S. The monoisotopic (exact) mass is 359 g/mol. The fourth-order valence-corrected chi connectivity index (χ4v) is 3.93. The van der Waals surface area contributed by atoms with Crippen molar-refractivity contribution in [3.63, 3.8) is 0 Å². The molecule has 0 aromatic heterocycles. The number of aliphatic hydroxyl groups is 1. The fraction of sp³-hybridized carbons (Fsp3) is 0.533. The highest BCUT2D eigenvalue weighted by Gasteiger charge is 2.34. The van der Waals surface area contributed by atoms with Crippen LogP contribution in [0.5, 0.6) is 5.75 Å². The Hall–Kier alpha value is -1.68. The fourth-order valence-electron chi connectivity index (χ4n) is 2.63. The maximum Gasteiger partial charge on any atom is 0.305 e. The first-order valence-electron chi connectivity index (χ1n) is 7.50. The second-order valence-electron chi connectivity index (χ2n) is 5.56. The molecule has 3 N–H and O–H groups in total. The number of carbonyl (C=O) groups is 1. The van der Waals surface area contributed by atoms with Gasteiger partial charge < -0.3 is 19.7 Å². The molecule has 1 aliphatic heterocycles. The minimum absolute atomic E-state index is 0.0765. The van der Waals surface area contributed by atoms with E-state index in [-0.39, 0.29) is 11.3 Å². The van der Waals surface area contributed by atoms with E-state index in [1.807, 2.05) is 0 Å². The summed E-state index contributed by atoms with van der Waals surface area (Å²) in [6.45, 7) is -0.397. The summed E-state index contributed by atoms with van der Waals surface area (Å²) in [5.74, 6) is -0.450. The maximum atomic E-state index is 12.4. The van der Waals surface area contributed by atoms with Crippen molar-refractivity contribution in [1.29, 1.82) is 0 Å². The molecule has 0 saturated carbocycles. The van der Waals surface area contributed by atoms with E-state index >= 15 is 0 Å². The Morgan fingerprint density at radius 3 is 2.54 bits per heavy atom. The number of aliphatic hydroxyl groups excluding tert-OH is 1. The van der Waals surface area contributed by atoms with Crippen LogP contribution in [0.2, 0.25) is 0 Å². The summed E-state index contributed by atoms with van der Waals surface area (Å²) in [5, 5.41) is 18.2. The Balaban J connectivity index is 2.06. The van der Waals surface area contributed by atoms with E-state index in [4.69, 9.17) is 14.6 Å². The van der Waals surface area contributed by atoms with Crippen molar-refractivity contribution in [3.8, 4) is 5.75 Å². The molecule has 134 valence electrons. The average Bonchev–Trinajstić information content (AvgIpc) is 2.55. The number of aliphatic carboxylic acids is 1. The van der Waals surface area contributed by atoms with Crippen LogP contribution in [0.4, 0.5) is 0 Å². The van der Waals surface area contributed by atoms with Gasteiger partial charge in [0, 0.05) is 0 Å². The van der Waals surface area contributed by atoms with Gasteiger partial charge in [0.05, 0.1) is 43.3 Å². The van der Waals surface area contributed by atoms with Crippen LogP contribution in [0.25, 0.3) is 0 Å². The van der Waals surface area contributed by atoms with Gasteiger partial charge in [-0.1, -0.05) is 0 Å². The topological polar surface area (TPSA) is 122 Å². The van der Waals surface area contributed by atoms with Gasteiger partial charge in [0.1, 0.15) is 5.75 Å². The molecule has 9 heteroatoms. The van der Waals surface area contributed by atoms with Crippen molar-refractivity contribution >= 4 is 16.0 Å². The van der Waals surface area contributed by atoms with Crippen LogP contribution in [0.15, 0.2) is 29.2 Å². The quantitative estimate of drug-likeness (QED) is 0.642. The van der Waals surface area contributed by atoms with Crippen LogP contribution in [-0.2, 0) is 19.6 Å². The van der Waals surface area contributed by atoms with Crippen LogP contribution in [0.1, 0.15) is 19.3 Å². The lowest BCUT2D eigenvalue weighted by atomic mass is 9.98. The van der Waals surface area contributed by atoms with Crippen molar-refractivity contribution in [2.75, 3.05) is 13.7 Å². The molecule has 2 rings (SSSR count). The smallest absolute Gasteiger partial charge is 0.305 e. The predicted octanol–water partition coefficient (Wildman–Crippen LogP) is 0.357. The molecule has 0 aliphatic carbocycles. The van der Waals surface area contributed by atoms with E-state index in [1.165, 1.54) is 19.2 Å². The Labute approximate surface area is 140 Å². The molecule has 0 radical (unpaired) electrons. The summed E-state index contributed by atoms with van der Waals surface area (Å²) in [6.07, 6.45) is -0.691. The molecular weight excluding hydrogens is 338 g/mol. The zero-order chi connectivity index (χ0) is 17.7. The third-order valence-electron chi connectivity index (χ3n) is 3.87. The highest BCUT2D eigenvalue weighted by atomic mass is 32.2. The summed E-state index contributed by atoms with van der Waals surface area (Å²) in [6, 6.07) is 5.31. The van der Waals surface area contributed by atoms with Gasteiger partial charge in [0.2, 0.25) is 10.0 Å². The van der Waals surface area contributed by atoms with Gasteiger partial charge in [-0.15, -0.1) is 0 Å². The molecule has 1 aliphatic rings. The zero-order valence-electron chi connectivity index (χ0n) is 13.2. The molecule has 8 nitrogen and oxygen atoms in total. The SMILES string of the molecule is COc1ccc(S(=O)(=O)N[C@H]2CC[C@@H](CC(=O)O)O[C@@H]2CO)cc1. The van der Waals surface area contributed by atoms with Crippen molar-refractivity contribution in [2.45, 2.75) is 42.4 Å². The van der Waals surface area contributed by atoms with Crippen LogP contribution in [0, 0.1) is 0 Å². The molecule has 24 heavy (non-hydrogen) atoms. The van der Waals surface area contributed by atoms with E-state index in [0.29, 0.717) is 18.6 Å². The molecule has 1 heterocycles. The summed E-state index contributed by atoms with van der Waals surface area (Å²) < 4.78 is 37.9. The van der Waals surface area contributed by atoms with Gasteiger partial charge in [-0.05, 0) is 37.1 Å². The summed E-state index contributed by atoms with van der Waals surface area (Å²) >= 11 is 0. The second-order valence-corrected chi connectivity index (χ2v) is 7.27. The van der Waals surface area contributed by atoms with Crippen LogP contribution >= 0.6 is 0 Å². The van der Waals surface area contributed by atoms with E-state index in [9.17, 15) is 18.3 Å². The van der Waals surface area contributed by atoms with Crippen molar-refractivity contribution in [1.82, 2.24) is 4.72 Å². The Bertz CT molecular complexity index is 659. The minimum Gasteiger partial charge on any atom is -0.497 e. The molecule has 1 aromatic rings. The van der Waals surface area contributed by atoms with Crippen LogP contribution < -0.4 is 9.46 Å². The number of nitrogens with one attached hydrogen (secondary N) is 1. The lowest BCUT2D eigenvalue weighted by Gasteiger charge is -2.35. The van der Waals surface area contributed by atoms with Gasteiger partial charge >= 0.3 is 5.97 Å². The molecule has 3 atom stereocenters. The van der Waals surface area contributed by atoms with Gasteiger partial charge in [0.25, 0.3) is 0 Å². The lowest BCUT2D eigenvalue weighted by Crippen LogP contribution is -2.51. The first-order valence-corrected chi connectivity index (χ1v) is 8.98. The number of methoxy groups -OCH3 is 1. The van der Waals surface area contributed by atoms with E-state index < -0.39 is 40.8 Å². The highest BCUT2D eigenvalue weighted by molar-refractivity contribution is 7.89. The van der Waals surface area contributed by atoms with Crippen molar-refractivity contribution in [2.24, 2.45) is 0 Å². The maximum absolute atomic E-state index is 12.4. The van der Waals surface area contributed by atoms with Gasteiger partial charge in [-0.25, -0.2) is 13.1 Å². The summed E-state index contributed by atoms with van der Waals surface area (Å²) in [4.78, 5) is 10.8. The number of sulfonamides is 1. The van der Waals surface area contributed by atoms with Crippen molar-refractivity contribution in [3.05, 3.63) is 24.3 Å². The highest BCUT2D eigenvalue weighted by Crippen LogP contribution is 2.24. The number of rotatable bonds is 7. The van der Waals surface area contributed by atoms with E-state index in [2.05, 4.69) is 4.72 Å². The number of carboxylic acid groups (broad SMARTS) is 1. The zero-order valence-corrected chi connectivity index (χ0v) is 14.0. The first-order chi connectivity index (χ1) is 11.4. The molecule has 0 unspecified atom stereocenters. The normalized spacial score (nSPS) is 24.5. The molecule has 1 fully saturated rings. The minimum atomic E-state index is -3.78. The van der Waals surface area contributed by atoms with Crippen molar-refractivity contribution < 1.29 is 32.9 Å². The third-order valence-corrected chi connectivity index (χ3v) is 5.38. The van der Waals surface area contributed by atoms with Crippen LogP contribution in [-0.4, -0.2) is 56.6 Å². The van der Waals surface area contributed by atoms with Gasteiger partial charge in [-0.2, -0.15) is 0 Å². The van der Waals surface area contributed by atoms with Gasteiger partial charge in [-0.3, -0.25) is 4.79 Å². The molecule has 1 aromatic carbocycles.